The van der Waals surface area contributed by atoms with Gasteiger partial charge in [0.15, 0.2) is 5.13 Å². The Morgan fingerprint density at radius 2 is 2.00 bits per heavy atom. The van der Waals surface area contributed by atoms with Crippen LogP contribution in [0.3, 0.4) is 0 Å². The van der Waals surface area contributed by atoms with Gasteiger partial charge in [-0.2, -0.15) is 5.26 Å². The lowest BCUT2D eigenvalue weighted by Gasteiger charge is -2.14. The molecule has 21 heavy (non-hydrogen) atoms. The summed E-state index contributed by atoms with van der Waals surface area (Å²) in [7, 11) is 0. The molecule has 1 N–H and O–H groups in total. The number of hydrogen-bond acceptors (Lipinski definition) is 4. The minimum absolute atomic E-state index is 0.204. The Hall–Kier alpha value is -1.86. The van der Waals surface area contributed by atoms with Crippen LogP contribution in [0, 0.1) is 11.3 Å². The molecule has 0 saturated carbocycles. The largest absolute Gasteiger partial charge is 0.361 e. The van der Waals surface area contributed by atoms with Crippen LogP contribution >= 0.6 is 11.3 Å². The van der Waals surface area contributed by atoms with Crippen molar-refractivity contribution < 1.29 is 0 Å². The number of hydrogen-bond donors (Lipinski definition) is 1. The molecule has 0 bridgehead atoms. The van der Waals surface area contributed by atoms with E-state index in [2.05, 4.69) is 42.4 Å². The molecule has 2 aromatic rings. The first kappa shape index (κ1) is 15.5. The van der Waals surface area contributed by atoms with Crippen LogP contribution in [0.4, 0.5) is 5.13 Å². The van der Waals surface area contributed by atoms with E-state index in [0.29, 0.717) is 6.42 Å². The molecule has 0 saturated heterocycles. The molecule has 0 aliphatic heterocycles. The molecule has 0 spiro atoms. The lowest BCUT2D eigenvalue weighted by molar-refractivity contribution is 0.740. The van der Waals surface area contributed by atoms with Gasteiger partial charge in [-0.1, -0.05) is 44.2 Å². The van der Waals surface area contributed by atoms with Crippen LogP contribution in [0.1, 0.15) is 42.3 Å². The van der Waals surface area contributed by atoms with Gasteiger partial charge in [0.1, 0.15) is 0 Å². The fraction of sp³-hybridized carbons (Fsp3) is 0.412. The Bertz CT molecular complexity index is 577. The lowest BCUT2D eigenvalue weighted by atomic mass is 9.96. The van der Waals surface area contributed by atoms with Crippen molar-refractivity contribution >= 4 is 16.5 Å². The number of aromatic nitrogens is 1. The Labute approximate surface area is 130 Å². The topological polar surface area (TPSA) is 48.7 Å². The van der Waals surface area contributed by atoms with Gasteiger partial charge in [0.25, 0.3) is 0 Å². The van der Waals surface area contributed by atoms with Crippen molar-refractivity contribution in [2.45, 2.75) is 39.0 Å². The van der Waals surface area contributed by atoms with Crippen molar-refractivity contribution in [1.82, 2.24) is 4.98 Å². The van der Waals surface area contributed by atoms with Gasteiger partial charge in [-0.15, -0.1) is 11.3 Å². The summed E-state index contributed by atoms with van der Waals surface area (Å²) in [5.41, 5.74) is 2.40. The SMILES string of the molecule is CCc1nc(NCC(CC#N)c2ccccc2)sc1CC. The van der Waals surface area contributed by atoms with Crippen LogP contribution in [-0.4, -0.2) is 11.5 Å². The van der Waals surface area contributed by atoms with E-state index in [-0.39, 0.29) is 5.92 Å². The maximum absolute atomic E-state index is 9.03. The lowest BCUT2D eigenvalue weighted by Crippen LogP contribution is -2.12. The molecule has 1 unspecified atom stereocenters. The molecule has 1 atom stereocenters. The summed E-state index contributed by atoms with van der Waals surface area (Å²) < 4.78 is 0. The first-order valence-corrected chi connectivity index (χ1v) is 8.24. The van der Waals surface area contributed by atoms with Gasteiger partial charge in [-0.05, 0) is 18.4 Å². The van der Waals surface area contributed by atoms with Crippen LogP contribution in [0.15, 0.2) is 30.3 Å². The Morgan fingerprint density at radius 1 is 1.24 bits per heavy atom. The minimum Gasteiger partial charge on any atom is -0.361 e. The fourth-order valence-corrected chi connectivity index (χ4v) is 3.36. The number of nitrogens with zero attached hydrogens (tertiary/aromatic N) is 2. The molecule has 0 amide bonds. The average molecular weight is 299 g/mol. The summed E-state index contributed by atoms with van der Waals surface area (Å²) >= 11 is 1.73. The molecular weight excluding hydrogens is 278 g/mol. The first-order valence-electron chi connectivity index (χ1n) is 7.42. The number of aryl methyl sites for hydroxylation is 2. The summed E-state index contributed by atoms with van der Waals surface area (Å²) in [5, 5.41) is 13.4. The van der Waals surface area contributed by atoms with Gasteiger partial charge in [-0.3, -0.25) is 0 Å². The molecule has 0 fully saturated rings. The molecule has 4 heteroatoms. The van der Waals surface area contributed by atoms with E-state index in [4.69, 9.17) is 5.26 Å². The number of thiazole rings is 1. The molecule has 1 heterocycles. The predicted octanol–water partition coefficient (Wildman–Crippen LogP) is 4.38. The molecular formula is C17H21N3S. The Morgan fingerprint density at radius 3 is 2.57 bits per heavy atom. The van der Waals surface area contributed by atoms with Crippen molar-refractivity contribution in [3.8, 4) is 6.07 Å². The van der Waals surface area contributed by atoms with Crippen molar-refractivity contribution in [2.24, 2.45) is 0 Å². The standard InChI is InChI=1S/C17H21N3S/c1-3-15-16(4-2)21-17(20-15)19-12-14(10-11-18)13-8-6-5-7-9-13/h5-9,14H,3-4,10,12H2,1-2H3,(H,19,20). The van der Waals surface area contributed by atoms with Gasteiger partial charge in [0, 0.05) is 23.8 Å². The maximum Gasteiger partial charge on any atom is 0.183 e. The Balaban J connectivity index is 2.05. The number of benzene rings is 1. The number of rotatable bonds is 7. The van der Waals surface area contributed by atoms with Gasteiger partial charge >= 0.3 is 0 Å². The normalized spacial score (nSPS) is 11.9. The zero-order valence-electron chi connectivity index (χ0n) is 12.6. The van der Waals surface area contributed by atoms with Crippen molar-refractivity contribution in [3.63, 3.8) is 0 Å². The molecule has 0 aliphatic rings. The minimum atomic E-state index is 0.204. The fourth-order valence-electron chi connectivity index (χ4n) is 2.37. The highest BCUT2D eigenvalue weighted by Gasteiger charge is 2.13. The van der Waals surface area contributed by atoms with Crippen molar-refractivity contribution in [2.75, 3.05) is 11.9 Å². The number of nitriles is 1. The summed E-state index contributed by atoms with van der Waals surface area (Å²) in [4.78, 5) is 6.01. The summed E-state index contributed by atoms with van der Waals surface area (Å²) in [6.07, 6.45) is 2.52. The van der Waals surface area contributed by atoms with Crippen LogP contribution in [0.25, 0.3) is 0 Å². The first-order chi connectivity index (χ1) is 10.3. The van der Waals surface area contributed by atoms with E-state index < -0.39 is 0 Å². The Kier molecular flexibility index (Phi) is 5.77. The molecule has 3 nitrogen and oxygen atoms in total. The highest BCUT2D eigenvalue weighted by Crippen LogP contribution is 2.26. The third kappa shape index (κ3) is 4.05. The highest BCUT2D eigenvalue weighted by molar-refractivity contribution is 7.15. The van der Waals surface area contributed by atoms with Crippen molar-refractivity contribution in [1.29, 1.82) is 5.26 Å². The monoisotopic (exact) mass is 299 g/mol. The zero-order valence-corrected chi connectivity index (χ0v) is 13.4. The van der Waals surface area contributed by atoms with E-state index in [0.717, 1.165) is 24.5 Å². The van der Waals surface area contributed by atoms with Gasteiger partial charge in [0.2, 0.25) is 0 Å². The zero-order chi connectivity index (χ0) is 15.1. The van der Waals surface area contributed by atoms with Crippen LogP contribution in [-0.2, 0) is 12.8 Å². The van der Waals surface area contributed by atoms with E-state index in [9.17, 15) is 0 Å². The average Bonchev–Trinajstić information content (AvgIpc) is 2.94. The quantitative estimate of drug-likeness (QED) is 0.825. The summed E-state index contributed by atoms with van der Waals surface area (Å²) in [6.45, 7) is 5.05. The number of anilines is 1. The molecule has 2 rings (SSSR count). The molecule has 1 aromatic carbocycles. The second-order valence-corrected chi connectivity index (χ2v) is 6.03. The van der Waals surface area contributed by atoms with E-state index >= 15 is 0 Å². The second kappa shape index (κ2) is 7.80. The van der Waals surface area contributed by atoms with Crippen LogP contribution in [0.2, 0.25) is 0 Å². The third-order valence-corrected chi connectivity index (χ3v) is 4.74. The van der Waals surface area contributed by atoms with Gasteiger partial charge < -0.3 is 5.32 Å². The van der Waals surface area contributed by atoms with Crippen LogP contribution in [0.5, 0.6) is 0 Å². The molecule has 0 aliphatic carbocycles. The maximum atomic E-state index is 9.03. The van der Waals surface area contributed by atoms with E-state index in [1.165, 1.54) is 16.1 Å². The smallest absolute Gasteiger partial charge is 0.183 e. The number of nitrogens with one attached hydrogen (secondary N) is 1. The summed E-state index contributed by atoms with van der Waals surface area (Å²) in [6, 6.07) is 12.5. The molecule has 0 radical (unpaired) electrons. The van der Waals surface area contributed by atoms with E-state index in [1.54, 1.807) is 11.3 Å². The van der Waals surface area contributed by atoms with Gasteiger partial charge in [0.05, 0.1) is 11.8 Å². The highest BCUT2D eigenvalue weighted by atomic mass is 32.1. The molecule has 110 valence electrons. The second-order valence-electron chi connectivity index (χ2n) is 4.95. The summed E-state index contributed by atoms with van der Waals surface area (Å²) in [5.74, 6) is 0.204. The van der Waals surface area contributed by atoms with Crippen LogP contribution < -0.4 is 5.32 Å². The third-order valence-electron chi connectivity index (χ3n) is 3.54. The van der Waals surface area contributed by atoms with E-state index in [1.807, 2.05) is 18.2 Å². The predicted molar refractivity (Wildman–Crippen MR) is 88.8 cm³/mol. The molecule has 1 aromatic heterocycles. The van der Waals surface area contributed by atoms with Crippen molar-refractivity contribution in [3.05, 3.63) is 46.5 Å². The van der Waals surface area contributed by atoms with Gasteiger partial charge in [-0.25, -0.2) is 4.98 Å².